The average molecular weight is 260 g/mol. The van der Waals surface area contributed by atoms with Crippen molar-refractivity contribution in [3.63, 3.8) is 0 Å². The summed E-state index contributed by atoms with van der Waals surface area (Å²) in [6.07, 6.45) is -4.67. The van der Waals surface area contributed by atoms with E-state index in [1.165, 1.54) is 6.92 Å². The predicted octanol–water partition coefficient (Wildman–Crippen LogP) is -1.57. The molecule has 0 amide bonds. The third-order valence-corrected chi connectivity index (χ3v) is 2.89. The Morgan fingerprint density at radius 3 is 2.78 bits per heavy atom. The second-order valence-corrected chi connectivity index (χ2v) is 4.16. The topological polar surface area (TPSA) is 105 Å². The van der Waals surface area contributed by atoms with E-state index in [4.69, 9.17) is 9.84 Å². The van der Waals surface area contributed by atoms with Crippen LogP contribution in [0.3, 0.4) is 0 Å². The summed E-state index contributed by atoms with van der Waals surface area (Å²) in [5.74, 6) is 0. The molecule has 1 aromatic heterocycles. The zero-order valence-electron chi connectivity index (χ0n) is 9.54. The molecule has 0 bridgehead atoms. The summed E-state index contributed by atoms with van der Waals surface area (Å²) in [6, 6.07) is 0. The Kier molecular flexibility index (Phi) is 3.33. The molecule has 0 unspecified atom stereocenters. The molecule has 0 spiro atoms. The number of aliphatic hydroxyl groups is 2. The fourth-order valence-electron chi connectivity index (χ4n) is 1.85. The molecule has 1 aromatic rings. The van der Waals surface area contributed by atoms with Gasteiger partial charge in [-0.1, -0.05) is 0 Å². The normalized spacial score (nSPS) is 31.8. The maximum absolute atomic E-state index is 13.8. The summed E-state index contributed by atoms with van der Waals surface area (Å²) in [5, 5.41) is 18.3. The molecule has 7 nitrogen and oxygen atoms in total. The van der Waals surface area contributed by atoms with Crippen molar-refractivity contribution in [2.75, 3.05) is 6.61 Å². The minimum Gasteiger partial charge on any atom is -0.394 e. The van der Waals surface area contributed by atoms with Gasteiger partial charge in [-0.3, -0.25) is 14.3 Å². The molecule has 8 heteroatoms. The lowest BCUT2D eigenvalue weighted by Gasteiger charge is -2.15. The highest BCUT2D eigenvalue weighted by Gasteiger charge is 2.45. The van der Waals surface area contributed by atoms with Crippen LogP contribution in [0.2, 0.25) is 0 Å². The van der Waals surface area contributed by atoms with Gasteiger partial charge >= 0.3 is 5.69 Å². The molecular formula is C10H13FN2O5. The maximum Gasteiger partial charge on any atom is 0.330 e. The Labute approximate surface area is 100 Å². The number of aliphatic hydroxyl groups excluding tert-OH is 2. The number of aryl methyl sites for hydroxylation is 1. The van der Waals surface area contributed by atoms with Crippen LogP contribution in [0, 0.1) is 6.92 Å². The van der Waals surface area contributed by atoms with E-state index < -0.39 is 42.5 Å². The second-order valence-electron chi connectivity index (χ2n) is 4.16. The van der Waals surface area contributed by atoms with Gasteiger partial charge in [-0.05, 0) is 6.92 Å². The van der Waals surface area contributed by atoms with Crippen LogP contribution in [0.15, 0.2) is 15.8 Å². The molecule has 4 atom stereocenters. The monoisotopic (exact) mass is 260 g/mol. The quantitative estimate of drug-likeness (QED) is 0.596. The number of rotatable bonds is 2. The van der Waals surface area contributed by atoms with Crippen LogP contribution in [0.25, 0.3) is 0 Å². The van der Waals surface area contributed by atoms with Crippen molar-refractivity contribution in [1.29, 1.82) is 0 Å². The maximum atomic E-state index is 13.8. The van der Waals surface area contributed by atoms with Gasteiger partial charge in [0.1, 0.15) is 12.2 Å². The van der Waals surface area contributed by atoms with Crippen molar-refractivity contribution in [3.05, 3.63) is 32.6 Å². The first-order valence-corrected chi connectivity index (χ1v) is 5.36. The predicted molar refractivity (Wildman–Crippen MR) is 58.0 cm³/mol. The first kappa shape index (κ1) is 12.9. The zero-order chi connectivity index (χ0) is 13.4. The van der Waals surface area contributed by atoms with E-state index in [1.807, 2.05) is 4.98 Å². The number of hydrogen-bond donors (Lipinski definition) is 3. The number of aromatic nitrogens is 2. The fourth-order valence-corrected chi connectivity index (χ4v) is 1.85. The Morgan fingerprint density at radius 1 is 1.56 bits per heavy atom. The standard InChI is InChI=1S/C10H13FN2O5/c1-4-2-13(10(17)12-8(4)16)9-6(11)7(15)5(3-14)18-9/h2,5-7,9,14-15H,3H2,1H3,(H,12,16,17)/t5-,6-,7+,9-/m1/s1. The summed E-state index contributed by atoms with van der Waals surface area (Å²) in [6.45, 7) is 0.895. The molecule has 1 saturated heterocycles. The van der Waals surface area contributed by atoms with Gasteiger partial charge in [-0.25, -0.2) is 9.18 Å². The van der Waals surface area contributed by atoms with Gasteiger partial charge in [0.2, 0.25) is 0 Å². The van der Waals surface area contributed by atoms with Gasteiger partial charge in [0.05, 0.1) is 6.61 Å². The minimum atomic E-state index is -1.86. The van der Waals surface area contributed by atoms with Crippen LogP contribution in [-0.4, -0.2) is 44.8 Å². The van der Waals surface area contributed by atoms with Crippen molar-refractivity contribution in [3.8, 4) is 0 Å². The minimum absolute atomic E-state index is 0.215. The van der Waals surface area contributed by atoms with E-state index in [9.17, 15) is 19.1 Å². The number of aromatic amines is 1. The number of ether oxygens (including phenoxy) is 1. The van der Waals surface area contributed by atoms with E-state index in [0.717, 1.165) is 10.8 Å². The van der Waals surface area contributed by atoms with Gasteiger partial charge in [0.15, 0.2) is 12.4 Å². The number of H-pyrrole nitrogens is 1. The number of alkyl halides is 1. The smallest absolute Gasteiger partial charge is 0.330 e. The van der Waals surface area contributed by atoms with Gasteiger partial charge in [-0.2, -0.15) is 0 Å². The van der Waals surface area contributed by atoms with Crippen LogP contribution < -0.4 is 11.2 Å². The van der Waals surface area contributed by atoms with E-state index in [-0.39, 0.29) is 5.56 Å². The van der Waals surface area contributed by atoms with Crippen molar-refractivity contribution in [1.82, 2.24) is 9.55 Å². The largest absolute Gasteiger partial charge is 0.394 e. The van der Waals surface area contributed by atoms with E-state index in [1.54, 1.807) is 0 Å². The Balaban J connectivity index is 2.42. The fraction of sp³-hybridized carbons (Fsp3) is 0.600. The van der Waals surface area contributed by atoms with Crippen molar-refractivity contribution in [2.45, 2.75) is 31.5 Å². The van der Waals surface area contributed by atoms with Crippen molar-refractivity contribution in [2.24, 2.45) is 0 Å². The number of nitrogens with zero attached hydrogens (tertiary/aromatic N) is 1. The summed E-state index contributed by atoms with van der Waals surface area (Å²) in [7, 11) is 0. The Morgan fingerprint density at radius 2 is 2.22 bits per heavy atom. The Bertz CT molecular complexity index is 554. The van der Waals surface area contributed by atoms with Crippen LogP contribution in [-0.2, 0) is 4.74 Å². The van der Waals surface area contributed by atoms with E-state index in [2.05, 4.69) is 0 Å². The molecule has 1 aliphatic heterocycles. The van der Waals surface area contributed by atoms with Crippen LogP contribution in [0.5, 0.6) is 0 Å². The van der Waals surface area contributed by atoms with Gasteiger partial charge in [0.25, 0.3) is 5.56 Å². The molecule has 100 valence electrons. The molecule has 0 aliphatic carbocycles. The lowest BCUT2D eigenvalue weighted by Crippen LogP contribution is -2.36. The molecule has 2 heterocycles. The SMILES string of the molecule is Cc1cn([C@@H]2O[C@H](CO)[C@H](O)[C@H]2F)c(=O)[nH]c1=O. The second kappa shape index (κ2) is 4.63. The van der Waals surface area contributed by atoms with Crippen molar-refractivity contribution < 1.29 is 19.3 Å². The molecule has 1 fully saturated rings. The number of nitrogens with one attached hydrogen (secondary N) is 1. The van der Waals surface area contributed by atoms with Crippen molar-refractivity contribution >= 4 is 0 Å². The number of halogens is 1. The first-order valence-electron chi connectivity index (χ1n) is 5.36. The zero-order valence-corrected chi connectivity index (χ0v) is 9.54. The molecule has 18 heavy (non-hydrogen) atoms. The molecule has 0 aromatic carbocycles. The highest BCUT2D eigenvalue weighted by Crippen LogP contribution is 2.30. The first-order chi connectivity index (χ1) is 8.45. The molecule has 0 radical (unpaired) electrons. The van der Waals surface area contributed by atoms with E-state index >= 15 is 0 Å². The summed E-state index contributed by atoms with van der Waals surface area (Å²) in [5.41, 5.74) is -1.18. The highest BCUT2D eigenvalue weighted by atomic mass is 19.1. The lowest BCUT2D eigenvalue weighted by atomic mass is 10.1. The summed E-state index contributed by atoms with van der Waals surface area (Å²) >= 11 is 0. The van der Waals surface area contributed by atoms with Gasteiger partial charge in [0, 0.05) is 11.8 Å². The van der Waals surface area contributed by atoms with Gasteiger partial charge in [-0.15, -0.1) is 0 Å². The lowest BCUT2D eigenvalue weighted by molar-refractivity contribution is -0.0492. The molecule has 3 N–H and O–H groups in total. The van der Waals surface area contributed by atoms with Crippen LogP contribution >= 0.6 is 0 Å². The molecule has 0 saturated carbocycles. The summed E-state index contributed by atoms with van der Waals surface area (Å²) < 4.78 is 19.7. The molecule has 2 rings (SSSR count). The number of hydrogen-bond acceptors (Lipinski definition) is 5. The summed E-state index contributed by atoms with van der Waals surface area (Å²) in [4.78, 5) is 24.7. The third kappa shape index (κ3) is 1.98. The highest BCUT2D eigenvalue weighted by molar-refractivity contribution is 5.03. The van der Waals surface area contributed by atoms with Crippen LogP contribution in [0.1, 0.15) is 11.8 Å². The average Bonchev–Trinajstić information content (AvgIpc) is 2.61. The third-order valence-electron chi connectivity index (χ3n) is 2.89. The van der Waals surface area contributed by atoms with E-state index in [0.29, 0.717) is 0 Å². The molecular weight excluding hydrogens is 247 g/mol. The van der Waals surface area contributed by atoms with Gasteiger partial charge < -0.3 is 14.9 Å². The van der Waals surface area contributed by atoms with Crippen LogP contribution in [0.4, 0.5) is 4.39 Å². The molecule has 1 aliphatic rings. The Hall–Kier alpha value is -1.51.